The Balaban J connectivity index is 1.95. The summed E-state index contributed by atoms with van der Waals surface area (Å²) in [6.45, 7) is 8.11. The highest BCUT2D eigenvalue weighted by atomic mass is 32.2. The molecule has 0 aliphatic rings. The van der Waals surface area contributed by atoms with Crippen LogP contribution in [-0.4, -0.2) is 17.1 Å². The first-order chi connectivity index (χ1) is 10.8. The molecule has 1 aromatic heterocycles. The van der Waals surface area contributed by atoms with Crippen LogP contribution in [0.4, 0.5) is 5.69 Å². The van der Waals surface area contributed by atoms with Gasteiger partial charge in [-0.25, -0.2) is 4.98 Å². The van der Waals surface area contributed by atoms with Gasteiger partial charge >= 0.3 is 0 Å². The van der Waals surface area contributed by atoms with E-state index in [1.54, 1.807) is 11.8 Å². The van der Waals surface area contributed by atoms with E-state index in [0.717, 1.165) is 27.9 Å². The number of anilines is 1. The average Bonchev–Trinajstić information content (AvgIpc) is 2.87. The second-order valence-electron chi connectivity index (χ2n) is 6.56. The number of carbonyl (C=O) groups is 1. The molecule has 124 valence electrons. The highest BCUT2D eigenvalue weighted by Crippen LogP contribution is 2.24. The van der Waals surface area contributed by atoms with Crippen LogP contribution in [0.2, 0.25) is 0 Å². The van der Waals surface area contributed by atoms with Crippen LogP contribution in [0.1, 0.15) is 44.5 Å². The first-order valence-electron chi connectivity index (χ1n) is 7.70. The minimum absolute atomic E-state index is 0.0173. The third kappa shape index (κ3) is 4.86. The van der Waals surface area contributed by atoms with Gasteiger partial charge in [-0.15, -0.1) is 11.8 Å². The van der Waals surface area contributed by atoms with Crippen LogP contribution in [0.5, 0.6) is 0 Å². The molecule has 1 amide bonds. The van der Waals surface area contributed by atoms with E-state index in [0.29, 0.717) is 12.8 Å². The Morgan fingerprint density at radius 2 is 2.09 bits per heavy atom. The Kier molecular flexibility index (Phi) is 5.52. The molecule has 23 heavy (non-hydrogen) atoms. The van der Waals surface area contributed by atoms with Crippen LogP contribution in [0, 0.1) is 6.92 Å². The fourth-order valence-corrected chi connectivity index (χ4v) is 2.59. The third-order valence-corrected chi connectivity index (χ3v) is 4.19. The molecule has 0 aliphatic heterocycles. The molecular formula is C18H24N2O2S. The number of hydrogen-bond acceptors (Lipinski definition) is 4. The van der Waals surface area contributed by atoms with Crippen molar-refractivity contribution >= 4 is 23.4 Å². The molecule has 4 nitrogen and oxygen atoms in total. The van der Waals surface area contributed by atoms with Crippen molar-refractivity contribution < 1.29 is 9.21 Å². The lowest BCUT2D eigenvalue weighted by molar-refractivity contribution is -0.116. The van der Waals surface area contributed by atoms with Gasteiger partial charge in [0.25, 0.3) is 0 Å². The number of oxazole rings is 1. The molecule has 0 saturated carbocycles. The number of thioether (sulfide) groups is 1. The topological polar surface area (TPSA) is 55.1 Å². The molecule has 0 unspecified atom stereocenters. The zero-order valence-corrected chi connectivity index (χ0v) is 15.2. The Morgan fingerprint density at radius 1 is 1.35 bits per heavy atom. The molecule has 0 spiro atoms. The van der Waals surface area contributed by atoms with Crippen molar-refractivity contribution in [2.45, 2.75) is 50.8 Å². The number of carbonyl (C=O) groups excluding carboxylic acids is 1. The van der Waals surface area contributed by atoms with Gasteiger partial charge in [-0.2, -0.15) is 0 Å². The summed E-state index contributed by atoms with van der Waals surface area (Å²) in [6, 6.07) is 7.83. The van der Waals surface area contributed by atoms with Gasteiger partial charge in [0.2, 0.25) is 5.91 Å². The molecule has 0 bridgehead atoms. The molecule has 1 heterocycles. The van der Waals surface area contributed by atoms with E-state index < -0.39 is 0 Å². The maximum atomic E-state index is 12.1. The van der Waals surface area contributed by atoms with Gasteiger partial charge in [0.1, 0.15) is 5.76 Å². The van der Waals surface area contributed by atoms with Gasteiger partial charge in [0.15, 0.2) is 5.89 Å². The quantitative estimate of drug-likeness (QED) is 0.815. The van der Waals surface area contributed by atoms with Crippen molar-refractivity contribution in [3.05, 3.63) is 41.6 Å². The van der Waals surface area contributed by atoms with Crippen LogP contribution in [0.25, 0.3) is 0 Å². The number of aryl methyl sites for hydroxylation is 2. The van der Waals surface area contributed by atoms with E-state index in [1.807, 2.05) is 37.4 Å². The van der Waals surface area contributed by atoms with Crippen LogP contribution in [-0.2, 0) is 16.6 Å². The lowest BCUT2D eigenvalue weighted by Crippen LogP contribution is -2.12. The van der Waals surface area contributed by atoms with Crippen LogP contribution in [0.3, 0.4) is 0 Å². The van der Waals surface area contributed by atoms with Gasteiger partial charge in [-0.3, -0.25) is 4.79 Å². The lowest BCUT2D eigenvalue weighted by Gasteiger charge is -2.12. The monoisotopic (exact) mass is 332 g/mol. The summed E-state index contributed by atoms with van der Waals surface area (Å²) in [5.74, 6) is 1.50. The molecule has 2 aromatic rings. The molecule has 1 N–H and O–H groups in total. The second kappa shape index (κ2) is 7.21. The van der Waals surface area contributed by atoms with Crippen molar-refractivity contribution in [3.8, 4) is 0 Å². The minimum atomic E-state index is -0.122. The van der Waals surface area contributed by atoms with Gasteiger partial charge in [0.05, 0.1) is 5.69 Å². The predicted molar refractivity (Wildman–Crippen MR) is 95.1 cm³/mol. The van der Waals surface area contributed by atoms with Gasteiger partial charge in [-0.05, 0) is 31.4 Å². The Labute approximate surface area is 142 Å². The SMILES string of the molecule is CSc1cccc(NC(=O)CCc2oc(C(C)(C)C)nc2C)c1. The van der Waals surface area contributed by atoms with Gasteiger partial charge < -0.3 is 9.73 Å². The fraction of sp³-hybridized carbons (Fsp3) is 0.444. The fourth-order valence-electron chi connectivity index (χ4n) is 2.13. The number of hydrogen-bond donors (Lipinski definition) is 1. The number of aromatic nitrogens is 1. The molecular weight excluding hydrogens is 308 g/mol. The van der Waals surface area contributed by atoms with Crippen LogP contribution >= 0.6 is 11.8 Å². The van der Waals surface area contributed by atoms with E-state index in [2.05, 4.69) is 31.1 Å². The first-order valence-corrected chi connectivity index (χ1v) is 8.93. The molecule has 0 fully saturated rings. The molecule has 0 aliphatic carbocycles. The summed E-state index contributed by atoms with van der Waals surface area (Å²) < 4.78 is 5.82. The summed E-state index contributed by atoms with van der Waals surface area (Å²) >= 11 is 1.65. The third-order valence-electron chi connectivity index (χ3n) is 3.47. The maximum Gasteiger partial charge on any atom is 0.224 e. The Bertz CT molecular complexity index is 687. The summed E-state index contributed by atoms with van der Waals surface area (Å²) in [6.07, 6.45) is 2.95. The second-order valence-corrected chi connectivity index (χ2v) is 7.44. The van der Waals surface area contributed by atoms with Crippen LogP contribution in [0.15, 0.2) is 33.6 Å². The summed E-state index contributed by atoms with van der Waals surface area (Å²) in [5, 5.41) is 2.93. The van der Waals surface area contributed by atoms with E-state index in [9.17, 15) is 4.79 Å². The molecule has 0 saturated heterocycles. The molecule has 2 rings (SSSR count). The number of nitrogens with one attached hydrogen (secondary N) is 1. The molecule has 5 heteroatoms. The predicted octanol–water partition coefficient (Wildman–Crippen LogP) is 4.57. The van der Waals surface area contributed by atoms with E-state index in [-0.39, 0.29) is 11.3 Å². The van der Waals surface area contributed by atoms with E-state index in [4.69, 9.17) is 4.42 Å². The Hall–Kier alpha value is -1.75. The molecule has 0 radical (unpaired) electrons. The van der Waals surface area contributed by atoms with Crippen molar-refractivity contribution in [1.82, 2.24) is 4.98 Å². The van der Waals surface area contributed by atoms with E-state index >= 15 is 0 Å². The standard InChI is InChI=1S/C18H24N2O2S/c1-12-15(22-17(19-12)18(2,3)4)9-10-16(21)20-13-7-6-8-14(11-13)23-5/h6-8,11H,9-10H2,1-5H3,(H,20,21). The number of rotatable bonds is 5. The minimum Gasteiger partial charge on any atom is -0.445 e. The summed E-state index contributed by atoms with van der Waals surface area (Å²) in [5.41, 5.74) is 1.57. The van der Waals surface area contributed by atoms with Crippen molar-refractivity contribution in [3.63, 3.8) is 0 Å². The van der Waals surface area contributed by atoms with Crippen molar-refractivity contribution in [1.29, 1.82) is 0 Å². The molecule has 1 aromatic carbocycles. The lowest BCUT2D eigenvalue weighted by atomic mass is 9.97. The zero-order chi connectivity index (χ0) is 17.0. The largest absolute Gasteiger partial charge is 0.445 e. The van der Waals surface area contributed by atoms with Gasteiger partial charge in [-0.1, -0.05) is 26.8 Å². The number of nitrogens with zero attached hydrogens (tertiary/aromatic N) is 1. The maximum absolute atomic E-state index is 12.1. The van der Waals surface area contributed by atoms with Crippen molar-refractivity contribution in [2.24, 2.45) is 0 Å². The van der Waals surface area contributed by atoms with Crippen molar-refractivity contribution in [2.75, 3.05) is 11.6 Å². The average molecular weight is 332 g/mol. The first kappa shape index (κ1) is 17.6. The Morgan fingerprint density at radius 3 is 2.70 bits per heavy atom. The normalized spacial score (nSPS) is 11.5. The number of benzene rings is 1. The van der Waals surface area contributed by atoms with E-state index in [1.165, 1.54) is 0 Å². The molecule has 0 atom stereocenters. The van der Waals surface area contributed by atoms with Gasteiger partial charge in [0, 0.05) is 28.8 Å². The smallest absolute Gasteiger partial charge is 0.224 e. The van der Waals surface area contributed by atoms with Crippen LogP contribution < -0.4 is 5.32 Å². The highest BCUT2D eigenvalue weighted by Gasteiger charge is 2.22. The summed E-state index contributed by atoms with van der Waals surface area (Å²) in [4.78, 5) is 17.7. The summed E-state index contributed by atoms with van der Waals surface area (Å²) in [7, 11) is 0. The number of amides is 1. The highest BCUT2D eigenvalue weighted by molar-refractivity contribution is 7.98. The zero-order valence-electron chi connectivity index (χ0n) is 14.4.